The second kappa shape index (κ2) is 9.18. The zero-order chi connectivity index (χ0) is 22.0. The molecule has 2 unspecified atom stereocenters. The number of rotatable bonds is 3. The van der Waals surface area contributed by atoms with Crippen molar-refractivity contribution in [1.29, 1.82) is 0 Å². The van der Waals surface area contributed by atoms with Crippen LogP contribution in [0, 0.1) is 12.8 Å². The molecule has 0 amide bonds. The maximum absolute atomic E-state index is 3.38. The first-order chi connectivity index (χ1) is 14.0. The van der Waals surface area contributed by atoms with Crippen LogP contribution in [0.25, 0.3) is 5.57 Å². The molecule has 2 aromatic rings. The van der Waals surface area contributed by atoms with Gasteiger partial charge in [-0.1, -0.05) is 0 Å². The standard InChI is InChI=1S/C17H15.C9H13.2CH3.2ClH.H2Si.Zr/c1-12-7-6-10-15-11-13(2)17(16(12)15)14-8-4-3-5-9-14;1-6-5-7(2)9(4)8(6)3;;;;;;/h3-11H,1-2H3;6H,1-4H3;2*1H3;2*1H;1H2;. The molecule has 0 saturated heterocycles. The van der Waals surface area contributed by atoms with Crippen LogP contribution < -0.4 is 0 Å². The molecular weight excluding hydrogens is 527 g/mol. The number of allylic oxidation sites excluding steroid dienone is 5. The van der Waals surface area contributed by atoms with Crippen LogP contribution in [0.2, 0.25) is 9.26 Å². The molecular formula is C28H38Cl2SiZr. The number of aryl methyl sites for hydroxylation is 1. The molecule has 0 radical (unpaired) electrons. The predicted octanol–water partition coefficient (Wildman–Crippen LogP) is 8.31. The fourth-order valence-electron chi connectivity index (χ4n) is 6.86. The third-order valence-electron chi connectivity index (χ3n) is 8.21. The van der Waals surface area contributed by atoms with Gasteiger partial charge in [-0.25, -0.2) is 0 Å². The van der Waals surface area contributed by atoms with Gasteiger partial charge in [-0.05, 0) is 0 Å². The molecule has 4 heteroatoms. The molecule has 0 aromatic heterocycles. The van der Waals surface area contributed by atoms with Gasteiger partial charge in [0.15, 0.2) is 0 Å². The monoisotopic (exact) mass is 562 g/mol. The topological polar surface area (TPSA) is 0 Å². The van der Waals surface area contributed by atoms with E-state index in [1.165, 1.54) is 22.3 Å². The Morgan fingerprint density at radius 2 is 1.34 bits per heavy atom. The minimum Gasteiger partial charge on any atom is -0.147 e. The Balaban J connectivity index is 0.00000181. The molecule has 0 heterocycles. The van der Waals surface area contributed by atoms with Crippen molar-refractivity contribution < 1.29 is 17.4 Å². The molecule has 0 aliphatic heterocycles. The maximum Gasteiger partial charge on any atom is -0.147 e. The van der Waals surface area contributed by atoms with E-state index < -0.39 is 17.4 Å². The van der Waals surface area contributed by atoms with E-state index in [2.05, 4.69) is 106 Å². The number of benzene rings is 2. The first kappa shape index (κ1) is 27.6. The van der Waals surface area contributed by atoms with E-state index in [1.807, 2.05) is 3.28 Å². The van der Waals surface area contributed by atoms with E-state index in [0.717, 1.165) is 0 Å². The number of fused-ring (bicyclic) bond motifs is 1. The van der Waals surface area contributed by atoms with Gasteiger partial charge in [0.25, 0.3) is 0 Å². The Morgan fingerprint density at radius 1 is 0.750 bits per heavy atom. The van der Waals surface area contributed by atoms with Crippen molar-refractivity contribution in [3.8, 4) is 0 Å². The summed E-state index contributed by atoms with van der Waals surface area (Å²) in [5.74, 6) is 0.588. The summed E-state index contributed by atoms with van der Waals surface area (Å²) in [6.45, 7) is 16.7. The van der Waals surface area contributed by atoms with Crippen molar-refractivity contribution in [2.75, 3.05) is 0 Å². The molecule has 0 bridgehead atoms. The summed E-state index contributed by atoms with van der Waals surface area (Å²) < 4.78 is 7.83. The van der Waals surface area contributed by atoms with Crippen molar-refractivity contribution in [3.05, 3.63) is 96.4 Å². The van der Waals surface area contributed by atoms with Gasteiger partial charge >= 0.3 is 187 Å². The smallest absolute Gasteiger partial charge is 0.147 e. The minimum atomic E-state index is -3.38. The van der Waals surface area contributed by atoms with Crippen LogP contribution >= 0.6 is 24.8 Å². The summed E-state index contributed by atoms with van der Waals surface area (Å²) in [5.41, 5.74) is 13.7. The van der Waals surface area contributed by atoms with Gasteiger partial charge in [0.05, 0.1) is 0 Å². The van der Waals surface area contributed by atoms with E-state index in [-0.39, 0.29) is 24.8 Å². The second-order valence-corrected chi connectivity index (χ2v) is 40.2. The summed E-state index contributed by atoms with van der Waals surface area (Å²) in [5, 5.41) is 0. The largest absolute Gasteiger partial charge is 0.147 e. The molecule has 0 saturated carbocycles. The van der Waals surface area contributed by atoms with Gasteiger partial charge in [0.1, 0.15) is 0 Å². The maximum atomic E-state index is 2.72. The molecule has 32 heavy (non-hydrogen) atoms. The average molecular weight is 565 g/mol. The summed E-state index contributed by atoms with van der Waals surface area (Å²) in [6, 6.07) is 18.1. The molecule has 0 spiro atoms. The van der Waals surface area contributed by atoms with Crippen LogP contribution in [0.5, 0.6) is 0 Å². The van der Waals surface area contributed by atoms with Gasteiger partial charge in [0.2, 0.25) is 0 Å². The Morgan fingerprint density at radius 3 is 1.88 bits per heavy atom. The fourth-order valence-corrected chi connectivity index (χ4v) is 28.4. The quantitative estimate of drug-likeness (QED) is 0.329. The third kappa shape index (κ3) is 3.94. The average Bonchev–Trinajstić information content (AvgIpc) is 3.10. The SMILES string of the molecule is CC1=C(C)C(C)[C]([Zr]([CH3])([CH3])(=[SiH2])[CH]2C(C)=C(c3ccccc3)c3c(C)cccc32)=C1C.Cl.Cl. The number of hydrogen-bond donors (Lipinski definition) is 0. The van der Waals surface area contributed by atoms with E-state index in [4.69, 9.17) is 0 Å². The Bertz CT molecular complexity index is 1230. The van der Waals surface area contributed by atoms with E-state index in [1.54, 1.807) is 27.9 Å². The molecule has 2 aliphatic carbocycles. The van der Waals surface area contributed by atoms with Gasteiger partial charge in [-0.15, -0.1) is 24.8 Å². The van der Waals surface area contributed by atoms with Crippen LogP contribution in [0.4, 0.5) is 0 Å². The zero-order valence-electron chi connectivity index (χ0n) is 20.8. The third-order valence-corrected chi connectivity index (χ3v) is 25.6. The molecule has 0 N–H and O–H groups in total. The van der Waals surface area contributed by atoms with Crippen molar-refractivity contribution in [2.24, 2.45) is 5.92 Å². The van der Waals surface area contributed by atoms with Crippen LogP contribution in [0.3, 0.4) is 0 Å². The van der Waals surface area contributed by atoms with Crippen molar-refractivity contribution >= 4 is 37.3 Å². The predicted molar refractivity (Wildman–Crippen MR) is 147 cm³/mol. The summed E-state index contributed by atoms with van der Waals surface area (Å²) in [6.07, 6.45) is 0. The fraction of sp³-hybridized carbons (Fsp3) is 0.357. The molecule has 172 valence electrons. The van der Waals surface area contributed by atoms with Gasteiger partial charge < -0.3 is 0 Å². The van der Waals surface area contributed by atoms with E-state index in [9.17, 15) is 0 Å². The normalized spacial score (nSPS) is 20.9. The first-order valence-electron chi connectivity index (χ1n) is 11.3. The van der Waals surface area contributed by atoms with Crippen LogP contribution in [-0.4, -0.2) is 6.88 Å². The zero-order valence-corrected chi connectivity index (χ0v) is 26.3. The van der Waals surface area contributed by atoms with Crippen LogP contribution in [-0.2, 0) is 17.4 Å². The second-order valence-electron chi connectivity index (χ2n) is 10.8. The Hall–Kier alpha value is -0.660. The molecule has 2 aliphatic rings. The van der Waals surface area contributed by atoms with Gasteiger partial charge in [0, 0.05) is 0 Å². The van der Waals surface area contributed by atoms with Crippen LogP contribution in [0.1, 0.15) is 60.5 Å². The number of halogens is 2. The Kier molecular flexibility index (Phi) is 7.91. The van der Waals surface area contributed by atoms with Gasteiger partial charge in [-0.3, -0.25) is 0 Å². The first-order valence-corrected chi connectivity index (χ1v) is 24.8. The summed E-state index contributed by atoms with van der Waals surface area (Å²) in [4.78, 5) is 0. The van der Waals surface area contributed by atoms with E-state index >= 15 is 0 Å². The summed E-state index contributed by atoms with van der Waals surface area (Å²) in [7, 11) is 0. The number of hydrogen-bond acceptors (Lipinski definition) is 0. The van der Waals surface area contributed by atoms with Crippen molar-refractivity contribution in [2.45, 2.75) is 54.4 Å². The molecule has 0 nitrogen and oxygen atoms in total. The summed E-state index contributed by atoms with van der Waals surface area (Å²) >= 11 is -3.38. The minimum absolute atomic E-state index is 0. The molecule has 2 atom stereocenters. The molecule has 0 fully saturated rings. The van der Waals surface area contributed by atoms with Crippen molar-refractivity contribution in [3.63, 3.8) is 0 Å². The molecule has 4 rings (SSSR count). The van der Waals surface area contributed by atoms with Crippen LogP contribution in [0.15, 0.2) is 74.1 Å². The molecule has 2 aromatic carbocycles. The van der Waals surface area contributed by atoms with Gasteiger partial charge in [-0.2, -0.15) is 0 Å². The Labute approximate surface area is 210 Å². The van der Waals surface area contributed by atoms with E-state index in [0.29, 0.717) is 9.54 Å². The van der Waals surface area contributed by atoms with Crippen molar-refractivity contribution in [1.82, 2.24) is 0 Å².